The number of fused-ring (bicyclic) bond motifs is 1. The number of phenolic OH excluding ortho intramolecular Hbond substituents is 1. The summed E-state index contributed by atoms with van der Waals surface area (Å²) in [6, 6.07) is 3.69. The number of amides is 1. The van der Waals surface area contributed by atoms with Gasteiger partial charge in [0.25, 0.3) is 11.6 Å². The minimum Gasteiger partial charge on any atom is -0.506 e. The molecule has 104 valence electrons. The number of carbonyl (C=O) groups is 1. The number of hydrogen-bond donors (Lipinski definition) is 2. The number of phenols is 1. The molecule has 0 saturated heterocycles. The van der Waals surface area contributed by atoms with Crippen LogP contribution in [-0.2, 0) is 0 Å². The van der Waals surface area contributed by atoms with Crippen molar-refractivity contribution in [3.63, 3.8) is 0 Å². The van der Waals surface area contributed by atoms with Gasteiger partial charge >= 0.3 is 0 Å². The van der Waals surface area contributed by atoms with Gasteiger partial charge in [0.15, 0.2) is 0 Å². The first-order valence-electron chi connectivity index (χ1n) is 5.97. The molecule has 7 nitrogen and oxygen atoms in total. The number of nitro groups is 1. The number of benzene rings is 1. The van der Waals surface area contributed by atoms with E-state index in [9.17, 15) is 20.0 Å². The summed E-state index contributed by atoms with van der Waals surface area (Å²) in [6.07, 6.45) is 1.28. The summed E-state index contributed by atoms with van der Waals surface area (Å²) in [6.45, 7) is 3.61. The monoisotopic (exact) mass is 275 g/mol. The number of carbonyl (C=O) groups excluding carboxylic acids is 1. The van der Waals surface area contributed by atoms with Crippen LogP contribution in [0.4, 0.5) is 5.69 Å². The Labute approximate surface area is 114 Å². The van der Waals surface area contributed by atoms with E-state index in [1.54, 1.807) is 13.8 Å². The molecular weight excluding hydrogens is 262 g/mol. The smallest absolute Gasteiger partial charge is 0.279 e. The number of hydrogen-bond acceptors (Lipinski definition) is 5. The number of non-ortho nitro benzene ring substituents is 1. The average Bonchev–Trinajstić information content (AvgIpc) is 2.37. The van der Waals surface area contributed by atoms with Crippen molar-refractivity contribution in [2.24, 2.45) is 0 Å². The van der Waals surface area contributed by atoms with Crippen LogP contribution in [0.25, 0.3) is 10.9 Å². The number of aromatic nitrogens is 1. The highest BCUT2D eigenvalue weighted by atomic mass is 16.6. The summed E-state index contributed by atoms with van der Waals surface area (Å²) >= 11 is 0. The first-order valence-corrected chi connectivity index (χ1v) is 5.97. The molecule has 2 rings (SSSR count). The number of aromatic hydroxyl groups is 1. The van der Waals surface area contributed by atoms with Crippen LogP contribution < -0.4 is 5.32 Å². The SMILES string of the molecule is CC(C)NC(=O)c1cnc2c(O)ccc([N+](=O)[O-])c2c1. The van der Waals surface area contributed by atoms with E-state index in [-0.39, 0.29) is 39.9 Å². The van der Waals surface area contributed by atoms with Gasteiger partial charge in [0.2, 0.25) is 0 Å². The van der Waals surface area contributed by atoms with E-state index in [1.165, 1.54) is 24.4 Å². The van der Waals surface area contributed by atoms with Crippen LogP contribution in [0.15, 0.2) is 24.4 Å². The molecule has 0 fully saturated rings. The van der Waals surface area contributed by atoms with Crippen molar-refractivity contribution in [1.29, 1.82) is 0 Å². The van der Waals surface area contributed by atoms with Gasteiger partial charge in [-0.25, -0.2) is 0 Å². The molecule has 1 amide bonds. The Morgan fingerprint density at radius 2 is 2.15 bits per heavy atom. The lowest BCUT2D eigenvalue weighted by Gasteiger charge is -2.09. The number of nitrogens with zero attached hydrogens (tertiary/aromatic N) is 2. The quantitative estimate of drug-likeness (QED) is 0.658. The molecule has 0 aliphatic heterocycles. The fourth-order valence-electron chi connectivity index (χ4n) is 1.82. The van der Waals surface area contributed by atoms with Gasteiger partial charge in [0, 0.05) is 18.3 Å². The molecule has 0 unspecified atom stereocenters. The third kappa shape index (κ3) is 2.51. The normalized spacial score (nSPS) is 10.8. The highest BCUT2D eigenvalue weighted by molar-refractivity contribution is 6.00. The lowest BCUT2D eigenvalue weighted by Crippen LogP contribution is -2.30. The van der Waals surface area contributed by atoms with Crippen LogP contribution in [0.2, 0.25) is 0 Å². The second-order valence-electron chi connectivity index (χ2n) is 4.61. The van der Waals surface area contributed by atoms with Crippen LogP contribution in [0.5, 0.6) is 5.75 Å². The van der Waals surface area contributed by atoms with E-state index in [1.807, 2.05) is 0 Å². The van der Waals surface area contributed by atoms with E-state index in [4.69, 9.17) is 0 Å². The third-order valence-electron chi connectivity index (χ3n) is 2.68. The lowest BCUT2D eigenvalue weighted by molar-refractivity contribution is -0.383. The fourth-order valence-corrected chi connectivity index (χ4v) is 1.82. The van der Waals surface area contributed by atoms with Gasteiger partial charge in [0.05, 0.1) is 15.9 Å². The van der Waals surface area contributed by atoms with Crippen molar-refractivity contribution in [2.45, 2.75) is 19.9 Å². The largest absolute Gasteiger partial charge is 0.506 e. The topological polar surface area (TPSA) is 105 Å². The zero-order valence-electron chi connectivity index (χ0n) is 11.0. The first-order chi connectivity index (χ1) is 9.40. The molecule has 1 aromatic heterocycles. The molecule has 0 atom stereocenters. The fraction of sp³-hybridized carbons (Fsp3) is 0.231. The van der Waals surface area contributed by atoms with Gasteiger partial charge < -0.3 is 10.4 Å². The summed E-state index contributed by atoms with van der Waals surface area (Å²) in [5.74, 6) is -0.534. The Hall–Kier alpha value is -2.70. The Bertz CT molecular complexity index is 697. The van der Waals surface area contributed by atoms with Crippen molar-refractivity contribution < 1.29 is 14.8 Å². The molecule has 0 bridgehead atoms. The van der Waals surface area contributed by atoms with Crippen molar-refractivity contribution in [3.05, 3.63) is 40.1 Å². The van der Waals surface area contributed by atoms with E-state index in [0.717, 1.165) is 0 Å². The molecule has 0 spiro atoms. The van der Waals surface area contributed by atoms with Crippen molar-refractivity contribution in [2.75, 3.05) is 0 Å². The highest BCUT2D eigenvalue weighted by Gasteiger charge is 2.17. The van der Waals surface area contributed by atoms with Crippen molar-refractivity contribution in [3.8, 4) is 5.75 Å². The summed E-state index contributed by atoms with van der Waals surface area (Å²) in [7, 11) is 0. The molecule has 1 heterocycles. The van der Waals surface area contributed by atoms with Gasteiger partial charge in [-0.05, 0) is 26.0 Å². The van der Waals surface area contributed by atoms with E-state index in [2.05, 4.69) is 10.3 Å². The third-order valence-corrected chi connectivity index (χ3v) is 2.68. The second-order valence-corrected chi connectivity index (χ2v) is 4.61. The van der Waals surface area contributed by atoms with Crippen LogP contribution in [0, 0.1) is 10.1 Å². The molecule has 0 aliphatic carbocycles. The van der Waals surface area contributed by atoms with Gasteiger partial charge in [-0.15, -0.1) is 0 Å². The standard InChI is InChI=1S/C13H13N3O4/c1-7(2)15-13(18)8-5-9-10(16(19)20)3-4-11(17)12(9)14-6-8/h3-7,17H,1-2H3,(H,15,18). The average molecular weight is 275 g/mol. The number of pyridine rings is 1. The number of rotatable bonds is 3. The maximum absolute atomic E-state index is 11.9. The van der Waals surface area contributed by atoms with Gasteiger partial charge in [-0.1, -0.05) is 0 Å². The maximum Gasteiger partial charge on any atom is 0.279 e. The predicted octanol–water partition coefficient (Wildman–Crippen LogP) is 1.99. The van der Waals surface area contributed by atoms with Gasteiger partial charge in [0.1, 0.15) is 11.3 Å². The highest BCUT2D eigenvalue weighted by Crippen LogP contribution is 2.31. The van der Waals surface area contributed by atoms with E-state index in [0.29, 0.717) is 0 Å². The lowest BCUT2D eigenvalue weighted by atomic mass is 10.1. The maximum atomic E-state index is 11.9. The minimum absolute atomic E-state index is 0.0580. The Morgan fingerprint density at radius 3 is 2.75 bits per heavy atom. The Balaban J connectivity index is 2.60. The van der Waals surface area contributed by atoms with Crippen molar-refractivity contribution >= 4 is 22.5 Å². The predicted molar refractivity (Wildman–Crippen MR) is 72.7 cm³/mol. The van der Waals surface area contributed by atoms with Gasteiger partial charge in [-0.2, -0.15) is 0 Å². The van der Waals surface area contributed by atoms with Crippen LogP contribution >= 0.6 is 0 Å². The summed E-state index contributed by atoms with van der Waals surface area (Å²) in [5.41, 5.74) is 0.102. The molecule has 2 N–H and O–H groups in total. The molecule has 2 aromatic rings. The Morgan fingerprint density at radius 1 is 1.45 bits per heavy atom. The summed E-state index contributed by atoms with van der Waals surface area (Å²) < 4.78 is 0. The number of nitro benzene ring substituents is 1. The summed E-state index contributed by atoms with van der Waals surface area (Å²) in [5, 5.41) is 23.5. The summed E-state index contributed by atoms with van der Waals surface area (Å²) in [4.78, 5) is 26.2. The van der Waals surface area contributed by atoms with Crippen molar-refractivity contribution in [1.82, 2.24) is 10.3 Å². The molecule has 0 saturated carbocycles. The molecule has 0 aliphatic rings. The van der Waals surface area contributed by atoms with Gasteiger partial charge in [-0.3, -0.25) is 19.9 Å². The second kappa shape index (κ2) is 5.12. The van der Waals surface area contributed by atoms with Crippen LogP contribution in [-0.4, -0.2) is 27.0 Å². The van der Waals surface area contributed by atoms with Crippen LogP contribution in [0.3, 0.4) is 0 Å². The first kappa shape index (κ1) is 13.7. The zero-order valence-corrected chi connectivity index (χ0v) is 11.0. The molecule has 1 aromatic carbocycles. The molecule has 7 heteroatoms. The van der Waals surface area contributed by atoms with Crippen LogP contribution in [0.1, 0.15) is 24.2 Å². The molecular formula is C13H13N3O4. The zero-order chi connectivity index (χ0) is 14.9. The Kier molecular flexibility index (Phi) is 3.51. The molecule has 20 heavy (non-hydrogen) atoms. The molecule has 0 radical (unpaired) electrons. The van der Waals surface area contributed by atoms with E-state index >= 15 is 0 Å². The number of nitrogens with one attached hydrogen (secondary N) is 1. The minimum atomic E-state index is -0.576. The van der Waals surface area contributed by atoms with E-state index < -0.39 is 4.92 Å².